The van der Waals surface area contributed by atoms with Crippen LogP contribution in [-0.4, -0.2) is 23.2 Å². The Kier molecular flexibility index (Phi) is 6.54. The zero-order valence-electron chi connectivity index (χ0n) is 8.68. The Morgan fingerprint density at radius 3 is 3.12 bits per heavy atom. The maximum absolute atomic E-state index is 11.2. The van der Waals surface area contributed by atoms with Crippen molar-refractivity contribution >= 4 is 27.5 Å². The van der Waals surface area contributed by atoms with E-state index in [2.05, 4.69) is 16.2 Å². The molecule has 0 saturated carbocycles. The molecule has 0 aliphatic heterocycles. The molecular formula is C11H12N2OS2. The van der Waals surface area contributed by atoms with E-state index in [1.165, 1.54) is 0 Å². The number of hydrogen-bond donors (Lipinski definition) is 1. The van der Waals surface area contributed by atoms with Crippen molar-refractivity contribution in [1.29, 1.82) is 0 Å². The summed E-state index contributed by atoms with van der Waals surface area (Å²) in [4.78, 5) is 15.3. The van der Waals surface area contributed by atoms with Crippen LogP contribution in [0.5, 0.6) is 0 Å². The van der Waals surface area contributed by atoms with Crippen LogP contribution in [0.15, 0.2) is 29.4 Å². The molecule has 1 aromatic rings. The number of nitrogens with zero attached hydrogens (tertiary/aromatic N) is 1. The lowest BCUT2D eigenvalue weighted by Gasteiger charge is -2.01. The highest BCUT2D eigenvalue weighted by Gasteiger charge is 2.00. The number of amides is 1. The molecule has 0 fully saturated rings. The zero-order chi connectivity index (χ0) is 11.6. The molecule has 1 heterocycles. The second-order valence-electron chi connectivity index (χ2n) is 2.80. The van der Waals surface area contributed by atoms with E-state index in [-0.39, 0.29) is 5.91 Å². The van der Waals surface area contributed by atoms with E-state index in [0.29, 0.717) is 13.0 Å². The molecule has 0 aliphatic rings. The molecule has 16 heavy (non-hydrogen) atoms. The van der Waals surface area contributed by atoms with Gasteiger partial charge in [0.1, 0.15) is 5.03 Å². The largest absolute Gasteiger partial charge is 0.345 e. The predicted octanol–water partition coefficient (Wildman–Crippen LogP) is 1.96. The fourth-order valence-electron chi connectivity index (χ4n) is 0.871. The maximum Gasteiger partial charge on any atom is 0.221 e. The van der Waals surface area contributed by atoms with Gasteiger partial charge in [0.2, 0.25) is 5.91 Å². The van der Waals surface area contributed by atoms with E-state index < -0.39 is 0 Å². The fourth-order valence-corrected chi connectivity index (χ4v) is 2.74. The van der Waals surface area contributed by atoms with Crippen molar-refractivity contribution in [2.75, 3.05) is 12.3 Å². The lowest BCUT2D eigenvalue weighted by Crippen LogP contribution is -2.23. The van der Waals surface area contributed by atoms with Crippen molar-refractivity contribution < 1.29 is 4.79 Å². The SMILES string of the molecule is C#CCNC(=O)CCSSc1ccccn1. The first-order chi connectivity index (χ1) is 7.83. The van der Waals surface area contributed by atoms with Crippen molar-refractivity contribution in [1.82, 2.24) is 10.3 Å². The number of carbonyl (C=O) groups excluding carboxylic acids is 1. The van der Waals surface area contributed by atoms with Crippen molar-refractivity contribution in [3.63, 3.8) is 0 Å². The maximum atomic E-state index is 11.2. The Bertz CT molecular complexity index is 362. The normalized spacial score (nSPS) is 9.44. The quantitative estimate of drug-likeness (QED) is 0.477. The van der Waals surface area contributed by atoms with Crippen LogP contribution >= 0.6 is 21.6 Å². The van der Waals surface area contributed by atoms with E-state index in [4.69, 9.17) is 6.42 Å². The average molecular weight is 252 g/mol. The summed E-state index contributed by atoms with van der Waals surface area (Å²) >= 11 is 0. The van der Waals surface area contributed by atoms with E-state index in [9.17, 15) is 4.79 Å². The first-order valence-electron chi connectivity index (χ1n) is 4.73. The van der Waals surface area contributed by atoms with E-state index in [1.54, 1.807) is 27.8 Å². The summed E-state index contributed by atoms with van der Waals surface area (Å²) in [6, 6.07) is 5.76. The number of hydrogen-bond acceptors (Lipinski definition) is 4. The van der Waals surface area contributed by atoms with Gasteiger partial charge in [0.15, 0.2) is 0 Å². The summed E-state index contributed by atoms with van der Waals surface area (Å²) in [7, 11) is 3.18. The molecule has 0 bridgehead atoms. The molecule has 0 spiro atoms. The number of pyridine rings is 1. The third-order valence-corrected chi connectivity index (χ3v) is 3.85. The van der Waals surface area contributed by atoms with E-state index in [1.807, 2.05) is 18.2 Å². The molecule has 1 N–H and O–H groups in total. The van der Waals surface area contributed by atoms with Gasteiger partial charge < -0.3 is 5.32 Å². The van der Waals surface area contributed by atoms with E-state index >= 15 is 0 Å². The summed E-state index contributed by atoms with van der Waals surface area (Å²) in [5, 5.41) is 3.57. The van der Waals surface area contributed by atoms with Crippen LogP contribution in [0.3, 0.4) is 0 Å². The van der Waals surface area contributed by atoms with Gasteiger partial charge in [0.05, 0.1) is 6.54 Å². The fraction of sp³-hybridized carbons (Fsp3) is 0.273. The Morgan fingerprint density at radius 1 is 1.56 bits per heavy atom. The first-order valence-corrected chi connectivity index (χ1v) is 7.05. The standard InChI is InChI=1S/C11H12N2OS2/c1-2-7-12-10(14)6-9-15-16-11-5-3-4-8-13-11/h1,3-5,8H,6-7,9H2,(H,12,14). The summed E-state index contributed by atoms with van der Waals surface area (Å²) in [5.74, 6) is 3.10. The molecule has 0 aromatic carbocycles. The third-order valence-electron chi connectivity index (χ3n) is 1.58. The molecule has 0 atom stereocenters. The van der Waals surface area contributed by atoms with Gasteiger partial charge in [-0.2, -0.15) is 0 Å². The number of carbonyl (C=O) groups is 1. The topological polar surface area (TPSA) is 42.0 Å². The molecule has 0 unspecified atom stereocenters. The van der Waals surface area contributed by atoms with Crippen molar-refractivity contribution in [3.8, 4) is 12.3 Å². The van der Waals surface area contributed by atoms with Crippen molar-refractivity contribution in [2.45, 2.75) is 11.4 Å². The smallest absolute Gasteiger partial charge is 0.221 e. The van der Waals surface area contributed by atoms with Crippen LogP contribution < -0.4 is 5.32 Å². The Morgan fingerprint density at radius 2 is 2.44 bits per heavy atom. The minimum Gasteiger partial charge on any atom is -0.345 e. The summed E-state index contributed by atoms with van der Waals surface area (Å²) in [6.07, 6.45) is 7.26. The Labute approximate surface area is 103 Å². The molecule has 0 saturated heterocycles. The van der Waals surface area contributed by atoms with E-state index in [0.717, 1.165) is 10.8 Å². The van der Waals surface area contributed by atoms with Crippen molar-refractivity contribution in [2.24, 2.45) is 0 Å². The lowest BCUT2D eigenvalue weighted by atomic mass is 10.4. The molecule has 0 aliphatic carbocycles. The van der Waals surface area contributed by atoms with Gasteiger partial charge in [-0.1, -0.05) is 22.8 Å². The Hall–Kier alpha value is -1.12. The lowest BCUT2D eigenvalue weighted by molar-refractivity contribution is -0.120. The molecule has 1 aromatic heterocycles. The van der Waals surface area contributed by atoms with Crippen LogP contribution in [-0.2, 0) is 4.79 Å². The summed E-state index contributed by atoms with van der Waals surface area (Å²) in [5.41, 5.74) is 0. The van der Waals surface area contributed by atoms with Gasteiger partial charge in [-0.15, -0.1) is 6.42 Å². The average Bonchev–Trinajstić information content (AvgIpc) is 2.33. The molecule has 1 amide bonds. The second-order valence-corrected chi connectivity index (χ2v) is 5.24. The van der Waals surface area contributed by atoms with Gasteiger partial charge in [0.25, 0.3) is 0 Å². The zero-order valence-corrected chi connectivity index (χ0v) is 10.3. The van der Waals surface area contributed by atoms with Crippen LogP contribution in [0, 0.1) is 12.3 Å². The van der Waals surface area contributed by atoms with Crippen LogP contribution in [0.1, 0.15) is 6.42 Å². The third kappa shape index (κ3) is 5.69. The van der Waals surface area contributed by atoms with Crippen LogP contribution in [0.25, 0.3) is 0 Å². The highest BCUT2D eigenvalue weighted by molar-refractivity contribution is 8.76. The van der Waals surface area contributed by atoms with Gasteiger partial charge in [-0.05, 0) is 22.9 Å². The molecule has 5 heteroatoms. The van der Waals surface area contributed by atoms with Gasteiger partial charge in [-0.25, -0.2) is 4.98 Å². The van der Waals surface area contributed by atoms with Crippen molar-refractivity contribution in [3.05, 3.63) is 24.4 Å². The first kappa shape index (κ1) is 12.9. The Balaban J connectivity index is 2.08. The minimum atomic E-state index is -0.00734. The summed E-state index contributed by atoms with van der Waals surface area (Å²) in [6.45, 7) is 0.302. The molecule has 0 radical (unpaired) electrons. The molecule has 1 rings (SSSR count). The van der Waals surface area contributed by atoms with Crippen LogP contribution in [0.4, 0.5) is 0 Å². The number of rotatable bonds is 6. The molecule has 3 nitrogen and oxygen atoms in total. The minimum absolute atomic E-state index is 0.00734. The van der Waals surface area contributed by atoms with Gasteiger partial charge in [-0.3, -0.25) is 4.79 Å². The second kappa shape index (κ2) is 8.08. The van der Waals surface area contributed by atoms with Crippen LogP contribution in [0.2, 0.25) is 0 Å². The highest BCUT2D eigenvalue weighted by atomic mass is 33.1. The monoisotopic (exact) mass is 252 g/mol. The summed E-state index contributed by atoms with van der Waals surface area (Å²) < 4.78 is 0. The predicted molar refractivity (Wildman–Crippen MR) is 69.0 cm³/mol. The number of nitrogens with one attached hydrogen (secondary N) is 1. The highest BCUT2D eigenvalue weighted by Crippen LogP contribution is 2.29. The molecular weight excluding hydrogens is 240 g/mol. The van der Waals surface area contributed by atoms with Gasteiger partial charge in [0, 0.05) is 18.4 Å². The number of aromatic nitrogens is 1. The van der Waals surface area contributed by atoms with Gasteiger partial charge >= 0.3 is 0 Å². The number of terminal acetylenes is 1. The molecule has 84 valence electrons.